The fraction of sp³-hybridized carbons (Fsp3) is 0.429. The van der Waals surface area contributed by atoms with Crippen molar-refractivity contribution in [3.63, 3.8) is 0 Å². The van der Waals surface area contributed by atoms with Crippen molar-refractivity contribution in [2.24, 2.45) is 0 Å². The van der Waals surface area contributed by atoms with Crippen molar-refractivity contribution >= 4 is 17.7 Å². The number of hydrogen-bond donors (Lipinski definition) is 1. The van der Waals surface area contributed by atoms with Crippen LogP contribution in [0.15, 0.2) is 24.3 Å². The Labute approximate surface area is 117 Å². The van der Waals surface area contributed by atoms with Gasteiger partial charge >= 0.3 is 12.0 Å². The minimum atomic E-state index is -1.09. The standard InChI is InChI=1S/C14H19FN2O3/c1-3-9-16(10-13(18)19)14(20)17(4-2)12-8-6-5-7-11(12)15/h5-8H,3-4,9-10H2,1-2H3,(H,18,19). The number of halogens is 1. The summed E-state index contributed by atoms with van der Waals surface area (Å²) in [4.78, 5) is 25.6. The van der Waals surface area contributed by atoms with Crippen LogP contribution in [-0.4, -0.2) is 41.6 Å². The van der Waals surface area contributed by atoms with Crippen LogP contribution in [0.5, 0.6) is 0 Å². The van der Waals surface area contributed by atoms with Gasteiger partial charge in [-0.25, -0.2) is 9.18 Å². The molecule has 1 N–H and O–H groups in total. The molecule has 0 atom stereocenters. The maximum atomic E-state index is 13.8. The van der Waals surface area contributed by atoms with Crippen molar-refractivity contribution in [3.05, 3.63) is 30.1 Å². The number of carbonyl (C=O) groups is 2. The minimum Gasteiger partial charge on any atom is -0.480 e. The van der Waals surface area contributed by atoms with E-state index in [2.05, 4.69) is 0 Å². The van der Waals surface area contributed by atoms with Crippen LogP contribution in [-0.2, 0) is 4.79 Å². The Bertz CT molecular complexity index is 479. The van der Waals surface area contributed by atoms with Crippen molar-refractivity contribution in [1.29, 1.82) is 0 Å². The second-order valence-electron chi connectivity index (χ2n) is 4.29. The van der Waals surface area contributed by atoms with Crippen LogP contribution in [0.4, 0.5) is 14.9 Å². The van der Waals surface area contributed by atoms with Gasteiger partial charge in [-0.1, -0.05) is 19.1 Å². The molecule has 0 heterocycles. The van der Waals surface area contributed by atoms with Crippen molar-refractivity contribution in [1.82, 2.24) is 4.90 Å². The van der Waals surface area contributed by atoms with Crippen LogP contribution in [0, 0.1) is 5.82 Å². The molecule has 0 aromatic heterocycles. The van der Waals surface area contributed by atoms with Crippen molar-refractivity contribution in [3.8, 4) is 0 Å². The first-order valence-corrected chi connectivity index (χ1v) is 6.54. The van der Waals surface area contributed by atoms with E-state index in [9.17, 15) is 14.0 Å². The van der Waals surface area contributed by atoms with Gasteiger partial charge in [-0.2, -0.15) is 0 Å². The highest BCUT2D eigenvalue weighted by Crippen LogP contribution is 2.20. The molecule has 0 radical (unpaired) electrons. The van der Waals surface area contributed by atoms with Gasteiger partial charge in [0.1, 0.15) is 12.4 Å². The molecule has 1 aromatic carbocycles. The summed E-state index contributed by atoms with van der Waals surface area (Å²) in [5.41, 5.74) is 0.159. The Balaban J connectivity index is 3.00. The summed E-state index contributed by atoms with van der Waals surface area (Å²) in [5, 5.41) is 8.85. The number of aliphatic carboxylic acids is 1. The van der Waals surface area contributed by atoms with Crippen LogP contribution in [0.3, 0.4) is 0 Å². The molecule has 0 spiro atoms. The first-order chi connectivity index (χ1) is 9.51. The fourth-order valence-corrected chi connectivity index (χ4v) is 1.93. The summed E-state index contributed by atoms with van der Waals surface area (Å²) in [7, 11) is 0. The molecule has 0 saturated carbocycles. The summed E-state index contributed by atoms with van der Waals surface area (Å²) in [6.45, 7) is 3.75. The largest absolute Gasteiger partial charge is 0.480 e. The van der Waals surface area contributed by atoms with E-state index >= 15 is 0 Å². The molecule has 0 aliphatic carbocycles. The van der Waals surface area contributed by atoms with Crippen LogP contribution in [0.2, 0.25) is 0 Å². The SMILES string of the molecule is CCCN(CC(=O)O)C(=O)N(CC)c1ccccc1F. The fourth-order valence-electron chi connectivity index (χ4n) is 1.93. The van der Waals surface area contributed by atoms with Gasteiger partial charge in [0.05, 0.1) is 5.69 Å². The summed E-state index contributed by atoms with van der Waals surface area (Å²) >= 11 is 0. The molecule has 1 aromatic rings. The molecule has 0 unspecified atom stereocenters. The number of amides is 2. The summed E-state index contributed by atoms with van der Waals surface area (Å²) < 4.78 is 13.8. The van der Waals surface area contributed by atoms with Gasteiger partial charge in [0.15, 0.2) is 0 Å². The predicted molar refractivity (Wildman–Crippen MR) is 74.3 cm³/mol. The van der Waals surface area contributed by atoms with Gasteiger partial charge in [0.25, 0.3) is 0 Å². The molecule has 0 fully saturated rings. The average molecular weight is 282 g/mol. The number of urea groups is 1. The van der Waals surface area contributed by atoms with Gasteiger partial charge in [0, 0.05) is 13.1 Å². The minimum absolute atomic E-state index is 0.159. The quantitative estimate of drug-likeness (QED) is 0.872. The van der Waals surface area contributed by atoms with Gasteiger partial charge in [0.2, 0.25) is 0 Å². The Morgan fingerprint density at radius 1 is 1.25 bits per heavy atom. The number of carbonyl (C=O) groups excluding carboxylic acids is 1. The van der Waals surface area contributed by atoms with E-state index in [1.54, 1.807) is 13.0 Å². The van der Waals surface area contributed by atoms with E-state index in [1.807, 2.05) is 6.92 Å². The molecule has 1 rings (SSSR count). The molecular weight excluding hydrogens is 263 g/mol. The number of carboxylic acids is 1. The van der Waals surface area contributed by atoms with Crippen LogP contribution in [0.25, 0.3) is 0 Å². The maximum absolute atomic E-state index is 13.8. The monoisotopic (exact) mass is 282 g/mol. The van der Waals surface area contributed by atoms with Crippen molar-refractivity contribution in [2.75, 3.05) is 24.5 Å². The molecule has 0 aliphatic rings. The number of carboxylic acid groups (broad SMARTS) is 1. The third kappa shape index (κ3) is 3.94. The lowest BCUT2D eigenvalue weighted by Crippen LogP contribution is -2.46. The molecule has 5 nitrogen and oxygen atoms in total. The number of hydrogen-bond acceptors (Lipinski definition) is 2. The maximum Gasteiger partial charge on any atom is 0.325 e. The summed E-state index contributed by atoms with van der Waals surface area (Å²) in [6, 6.07) is 5.45. The molecule has 0 aliphatic heterocycles. The van der Waals surface area contributed by atoms with E-state index in [-0.39, 0.29) is 12.2 Å². The number of rotatable bonds is 6. The number of para-hydroxylation sites is 1. The summed E-state index contributed by atoms with van der Waals surface area (Å²) in [5.74, 6) is -1.59. The van der Waals surface area contributed by atoms with Gasteiger partial charge in [-0.15, -0.1) is 0 Å². The number of benzene rings is 1. The molecule has 110 valence electrons. The third-order valence-corrected chi connectivity index (χ3v) is 2.78. The van der Waals surface area contributed by atoms with Crippen molar-refractivity contribution < 1.29 is 19.1 Å². The van der Waals surface area contributed by atoms with E-state index in [0.717, 1.165) is 0 Å². The lowest BCUT2D eigenvalue weighted by atomic mass is 10.2. The Kier molecular flexibility index (Phi) is 5.96. The van der Waals surface area contributed by atoms with E-state index in [1.165, 1.54) is 28.0 Å². The van der Waals surface area contributed by atoms with Crippen LogP contribution >= 0.6 is 0 Å². The van der Waals surface area contributed by atoms with Crippen LogP contribution in [0.1, 0.15) is 20.3 Å². The highest BCUT2D eigenvalue weighted by atomic mass is 19.1. The number of nitrogens with zero attached hydrogens (tertiary/aromatic N) is 2. The van der Waals surface area contributed by atoms with Gasteiger partial charge in [-0.05, 0) is 25.5 Å². The lowest BCUT2D eigenvalue weighted by Gasteiger charge is -2.29. The predicted octanol–water partition coefficient (Wildman–Crippen LogP) is 2.57. The lowest BCUT2D eigenvalue weighted by molar-refractivity contribution is -0.137. The Morgan fingerprint density at radius 2 is 1.90 bits per heavy atom. The van der Waals surface area contributed by atoms with Crippen molar-refractivity contribution in [2.45, 2.75) is 20.3 Å². The smallest absolute Gasteiger partial charge is 0.325 e. The van der Waals surface area contributed by atoms with Gasteiger partial charge in [-0.3, -0.25) is 9.69 Å². The van der Waals surface area contributed by atoms with E-state index in [4.69, 9.17) is 5.11 Å². The average Bonchev–Trinajstić information content (AvgIpc) is 2.40. The Morgan fingerprint density at radius 3 is 2.40 bits per heavy atom. The zero-order valence-corrected chi connectivity index (χ0v) is 11.7. The summed E-state index contributed by atoms with van der Waals surface area (Å²) in [6.07, 6.45) is 0.633. The Hall–Kier alpha value is -2.11. The van der Waals surface area contributed by atoms with E-state index < -0.39 is 24.4 Å². The van der Waals surface area contributed by atoms with Crippen LogP contribution < -0.4 is 4.90 Å². The second-order valence-corrected chi connectivity index (χ2v) is 4.29. The normalized spacial score (nSPS) is 10.2. The van der Waals surface area contributed by atoms with Gasteiger partial charge < -0.3 is 10.0 Å². The molecule has 20 heavy (non-hydrogen) atoms. The zero-order chi connectivity index (χ0) is 15.1. The molecular formula is C14H19FN2O3. The third-order valence-electron chi connectivity index (χ3n) is 2.78. The first-order valence-electron chi connectivity index (χ1n) is 6.54. The molecule has 2 amide bonds. The first kappa shape index (κ1) is 15.9. The highest BCUT2D eigenvalue weighted by Gasteiger charge is 2.24. The molecule has 0 bridgehead atoms. The highest BCUT2D eigenvalue weighted by molar-refractivity contribution is 5.93. The molecule has 6 heteroatoms. The van der Waals surface area contributed by atoms with E-state index in [0.29, 0.717) is 13.0 Å². The second kappa shape index (κ2) is 7.47. The topological polar surface area (TPSA) is 60.9 Å². The zero-order valence-electron chi connectivity index (χ0n) is 11.7. The molecule has 0 saturated heterocycles. The number of anilines is 1.